The average molecular weight is 321 g/mol. The molecule has 2 aromatic rings. The normalized spacial score (nSPS) is 12.1. The number of carbonyl (C=O) groups is 1. The van der Waals surface area contributed by atoms with Gasteiger partial charge in [-0.2, -0.15) is 0 Å². The molecule has 0 aliphatic rings. The second-order valence-corrected chi connectivity index (χ2v) is 5.88. The predicted molar refractivity (Wildman–Crippen MR) is 94.1 cm³/mol. The maximum atomic E-state index is 12.9. The molecule has 1 atom stereocenters. The molecule has 0 N–H and O–H groups in total. The average Bonchev–Trinajstić information content (AvgIpc) is 2.72. The van der Waals surface area contributed by atoms with Crippen molar-refractivity contribution < 1.29 is 4.79 Å². The number of ketones is 1. The quantitative estimate of drug-likeness (QED) is 0.789. The minimum absolute atomic E-state index is 0. The maximum Gasteiger partial charge on any atom is 0.182 e. The molecule has 120 valence electrons. The minimum atomic E-state index is -0.132. The van der Waals surface area contributed by atoms with Crippen molar-refractivity contribution in [2.45, 2.75) is 26.3 Å². The molecule has 1 heterocycles. The predicted octanol–water partition coefficient (Wildman–Crippen LogP) is 3.42. The van der Waals surface area contributed by atoms with Gasteiger partial charge in [-0.25, -0.2) is 0 Å². The van der Waals surface area contributed by atoms with Gasteiger partial charge in [0.1, 0.15) is 0 Å². The third-order valence-corrected chi connectivity index (χ3v) is 4.24. The zero-order chi connectivity index (χ0) is 15.6. The third-order valence-electron chi connectivity index (χ3n) is 4.24. The van der Waals surface area contributed by atoms with Gasteiger partial charge in [-0.05, 0) is 46.0 Å². The van der Waals surface area contributed by atoms with Gasteiger partial charge in [-0.1, -0.05) is 30.3 Å². The van der Waals surface area contributed by atoms with Crippen molar-refractivity contribution in [2.75, 3.05) is 14.1 Å². The van der Waals surface area contributed by atoms with Crippen LogP contribution < -0.4 is 0 Å². The second kappa shape index (κ2) is 7.61. The van der Waals surface area contributed by atoms with Gasteiger partial charge in [0.25, 0.3) is 0 Å². The Balaban J connectivity index is 0.00000242. The van der Waals surface area contributed by atoms with Crippen LogP contribution in [0.15, 0.2) is 36.4 Å². The highest BCUT2D eigenvalue weighted by molar-refractivity contribution is 6.01. The van der Waals surface area contributed by atoms with Crippen molar-refractivity contribution in [2.24, 2.45) is 7.05 Å². The van der Waals surface area contributed by atoms with E-state index in [1.54, 1.807) is 0 Å². The summed E-state index contributed by atoms with van der Waals surface area (Å²) in [4.78, 5) is 14.9. The number of carbonyl (C=O) groups excluding carboxylic acids is 1. The lowest BCUT2D eigenvalue weighted by atomic mass is 9.97. The van der Waals surface area contributed by atoms with Crippen LogP contribution in [0, 0.1) is 13.8 Å². The lowest BCUT2D eigenvalue weighted by Crippen LogP contribution is -2.38. The number of aryl methyl sites for hydroxylation is 1. The summed E-state index contributed by atoms with van der Waals surface area (Å²) in [5.74, 6) is 0.199. The molecule has 0 saturated heterocycles. The standard InChI is InChI=1S/C18H24N2O.ClH/c1-13-11-16(14(2)20(13)5)18(21)17(19(3)4)12-15-9-7-6-8-10-15;/h6-11,17H,12H2,1-5H3;1H. The molecule has 1 unspecified atom stereocenters. The monoisotopic (exact) mass is 320 g/mol. The molecular formula is C18H25ClN2O. The number of hydrogen-bond donors (Lipinski definition) is 0. The molecule has 22 heavy (non-hydrogen) atoms. The fourth-order valence-corrected chi connectivity index (χ4v) is 2.63. The molecule has 3 nitrogen and oxygen atoms in total. The van der Waals surface area contributed by atoms with Gasteiger partial charge in [0.05, 0.1) is 6.04 Å². The summed E-state index contributed by atoms with van der Waals surface area (Å²) < 4.78 is 2.07. The first-order valence-electron chi connectivity index (χ1n) is 7.29. The molecular weight excluding hydrogens is 296 g/mol. The molecule has 1 aromatic carbocycles. The molecule has 2 rings (SSSR count). The Morgan fingerprint density at radius 2 is 1.77 bits per heavy atom. The largest absolute Gasteiger partial charge is 0.351 e. The summed E-state index contributed by atoms with van der Waals surface area (Å²) in [5.41, 5.74) is 4.19. The number of benzene rings is 1. The number of rotatable bonds is 5. The molecule has 4 heteroatoms. The van der Waals surface area contributed by atoms with Crippen LogP contribution in [0.25, 0.3) is 0 Å². The molecule has 0 aliphatic heterocycles. The number of nitrogens with zero attached hydrogens (tertiary/aromatic N) is 2. The first-order valence-corrected chi connectivity index (χ1v) is 7.29. The lowest BCUT2D eigenvalue weighted by Gasteiger charge is -2.23. The summed E-state index contributed by atoms with van der Waals surface area (Å²) in [7, 11) is 5.94. The van der Waals surface area contributed by atoms with Crippen molar-refractivity contribution in [1.82, 2.24) is 9.47 Å². The van der Waals surface area contributed by atoms with E-state index in [-0.39, 0.29) is 24.2 Å². The molecule has 0 saturated carbocycles. The second-order valence-electron chi connectivity index (χ2n) is 5.88. The van der Waals surface area contributed by atoms with Crippen LogP contribution in [0.1, 0.15) is 27.3 Å². The Hall–Kier alpha value is -1.58. The van der Waals surface area contributed by atoms with Crippen LogP contribution in [-0.4, -0.2) is 35.4 Å². The van der Waals surface area contributed by atoms with Crippen LogP contribution >= 0.6 is 12.4 Å². The molecule has 0 amide bonds. The summed E-state index contributed by atoms with van der Waals surface area (Å²) >= 11 is 0. The molecule has 0 bridgehead atoms. The van der Waals surface area contributed by atoms with E-state index in [1.165, 1.54) is 5.56 Å². The van der Waals surface area contributed by atoms with Gasteiger partial charge in [0, 0.05) is 24.0 Å². The molecule has 0 radical (unpaired) electrons. The number of hydrogen-bond acceptors (Lipinski definition) is 2. The Kier molecular flexibility index (Phi) is 6.39. The van der Waals surface area contributed by atoms with E-state index >= 15 is 0 Å². The summed E-state index contributed by atoms with van der Waals surface area (Å²) in [6.45, 7) is 4.04. The summed E-state index contributed by atoms with van der Waals surface area (Å²) in [6, 6.07) is 12.1. The van der Waals surface area contributed by atoms with Crippen LogP contribution in [-0.2, 0) is 13.5 Å². The van der Waals surface area contributed by atoms with Crippen LogP contribution in [0.3, 0.4) is 0 Å². The zero-order valence-corrected chi connectivity index (χ0v) is 14.8. The summed E-state index contributed by atoms with van der Waals surface area (Å²) in [6.07, 6.45) is 0.736. The first kappa shape index (κ1) is 18.5. The van der Waals surface area contributed by atoms with Crippen molar-refractivity contribution in [3.05, 3.63) is 58.9 Å². The Bertz CT molecular complexity index is 632. The topological polar surface area (TPSA) is 25.2 Å². The van der Waals surface area contributed by atoms with Crippen LogP contribution in [0.4, 0.5) is 0 Å². The fraction of sp³-hybridized carbons (Fsp3) is 0.389. The van der Waals surface area contributed by atoms with E-state index in [4.69, 9.17) is 0 Å². The molecule has 0 spiro atoms. The van der Waals surface area contributed by atoms with Gasteiger partial charge in [-0.3, -0.25) is 9.69 Å². The van der Waals surface area contributed by atoms with Crippen molar-refractivity contribution in [3.8, 4) is 0 Å². The van der Waals surface area contributed by atoms with Gasteiger partial charge in [0.2, 0.25) is 0 Å². The number of halogens is 1. The Morgan fingerprint density at radius 3 is 2.23 bits per heavy atom. The molecule has 0 aliphatic carbocycles. The smallest absolute Gasteiger partial charge is 0.182 e. The van der Waals surface area contributed by atoms with E-state index < -0.39 is 0 Å². The highest BCUT2D eigenvalue weighted by Crippen LogP contribution is 2.19. The van der Waals surface area contributed by atoms with E-state index in [0.717, 1.165) is 23.4 Å². The Labute approximate surface area is 139 Å². The third kappa shape index (κ3) is 3.79. The van der Waals surface area contributed by atoms with Gasteiger partial charge < -0.3 is 4.57 Å². The first-order chi connectivity index (χ1) is 9.91. The van der Waals surface area contributed by atoms with Crippen LogP contribution in [0.2, 0.25) is 0 Å². The Morgan fingerprint density at radius 1 is 1.18 bits per heavy atom. The minimum Gasteiger partial charge on any atom is -0.351 e. The van der Waals surface area contributed by atoms with Crippen LogP contribution in [0.5, 0.6) is 0 Å². The van der Waals surface area contributed by atoms with Crippen molar-refractivity contribution in [1.29, 1.82) is 0 Å². The number of likely N-dealkylation sites (N-methyl/N-ethyl adjacent to an activating group) is 1. The maximum absolute atomic E-state index is 12.9. The van der Waals surface area contributed by atoms with E-state index in [9.17, 15) is 4.79 Å². The van der Waals surface area contributed by atoms with E-state index in [1.807, 2.05) is 64.2 Å². The fourth-order valence-electron chi connectivity index (χ4n) is 2.63. The summed E-state index contributed by atoms with van der Waals surface area (Å²) in [5, 5.41) is 0. The molecule has 0 fully saturated rings. The highest BCUT2D eigenvalue weighted by Gasteiger charge is 2.25. The van der Waals surface area contributed by atoms with Crippen molar-refractivity contribution in [3.63, 3.8) is 0 Å². The van der Waals surface area contributed by atoms with Gasteiger partial charge in [0.15, 0.2) is 5.78 Å². The zero-order valence-electron chi connectivity index (χ0n) is 14.0. The molecule has 1 aromatic heterocycles. The number of Topliss-reactive ketones (excluding diaryl/α,β-unsaturated/α-hetero) is 1. The lowest BCUT2D eigenvalue weighted by molar-refractivity contribution is 0.0874. The number of aromatic nitrogens is 1. The highest BCUT2D eigenvalue weighted by atomic mass is 35.5. The van der Waals surface area contributed by atoms with Crippen molar-refractivity contribution >= 4 is 18.2 Å². The van der Waals surface area contributed by atoms with E-state index in [0.29, 0.717) is 0 Å². The van der Waals surface area contributed by atoms with Gasteiger partial charge >= 0.3 is 0 Å². The van der Waals surface area contributed by atoms with Gasteiger partial charge in [-0.15, -0.1) is 12.4 Å². The van der Waals surface area contributed by atoms with E-state index in [2.05, 4.69) is 16.7 Å². The SMILES string of the molecule is Cc1cc(C(=O)C(Cc2ccccc2)N(C)C)c(C)n1C.Cl.